The summed E-state index contributed by atoms with van der Waals surface area (Å²) >= 11 is 0. The molecule has 15 heavy (non-hydrogen) atoms. The summed E-state index contributed by atoms with van der Waals surface area (Å²) in [6.07, 6.45) is 0. The Bertz CT molecular complexity index is 315. The molecule has 0 unspecified atom stereocenters. The number of hydrogen-bond donors (Lipinski definition) is 1. The maximum Gasteiger partial charge on any atom is 0.296 e. The summed E-state index contributed by atoms with van der Waals surface area (Å²) in [6, 6.07) is 6.49. The van der Waals surface area contributed by atoms with Crippen LogP contribution in [0.15, 0.2) is 24.3 Å². The zero-order valence-electron chi connectivity index (χ0n) is 8.89. The average Bonchev–Trinajstić information content (AvgIpc) is 2.19. The Kier molecular flexibility index (Phi) is 4.17. The van der Waals surface area contributed by atoms with E-state index in [1.807, 2.05) is 14.1 Å². The largest absolute Gasteiger partial charge is 0.370 e. The van der Waals surface area contributed by atoms with Gasteiger partial charge in [0.15, 0.2) is 0 Å². The monoisotopic (exact) mass is 215 g/mol. The van der Waals surface area contributed by atoms with Gasteiger partial charge >= 0.3 is 0 Å². The lowest BCUT2D eigenvalue weighted by molar-refractivity contribution is -0.103. The quantitative estimate of drug-likeness (QED) is 0.716. The van der Waals surface area contributed by atoms with Crippen LogP contribution in [-0.2, 0) is 17.3 Å². The molecular formula is C11H15F2NO. The van der Waals surface area contributed by atoms with E-state index in [-0.39, 0.29) is 5.56 Å². The van der Waals surface area contributed by atoms with E-state index in [0.717, 1.165) is 0 Å². The molecule has 0 amide bonds. The maximum atomic E-state index is 13.1. The zero-order chi connectivity index (χ0) is 11.3. The Hall–Kier alpha value is -1.00. The smallest absolute Gasteiger partial charge is 0.296 e. The van der Waals surface area contributed by atoms with E-state index in [1.165, 1.54) is 6.07 Å². The highest BCUT2D eigenvalue weighted by atomic mass is 19.3. The number of nitrogens with one attached hydrogen (secondary N) is 1. The van der Waals surface area contributed by atoms with Crippen LogP contribution in [0.5, 0.6) is 0 Å². The summed E-state index contributed by atoms with van der Waals surface area (Å²) in [5.74, 6) is -2.81. The lowest BCUT2D eigenvalue weighted by atomic mass is 10.0. The first-order valence-corrected chi connectivity index (χ1v) is 4.74. The van der Waals surface area contributed by atoms with Crippen LogP contribution in [0.3, 0.4) is 0 Å². The first kappa shape index (κ1) is 12.1. The normalized spacial score (nSPS) is 17.3. The van der Waals surface area contributed by atoms with Crippen molar-refractivity contribution in [3.63, 3.8) is 0 Å². The van der Waals surface area contributed by atoms with Crippen molar-refractivity contribution in [2.75, 3.05) is 20.7 Å². The molecule has 1 aromatic carbocycles. The second-order valence-corrected chi connectivity index (χ2v) is 3.35. The third-order valence-corrected chi connectivity index (χ3v) is 1.95. The van der Waals surface area contributed by atoms with Crippen molar-refractivity contribution in [2.24, 2.45) is 0 Å². The molecule has 0 spiro atoms. The Labute approximate surface area is 88.3 Å². The van der Waals surface area contributed by atoms with E-state index >= 15 is 0 Å². The van der Waals surface area contributed by atoms with E-state index in [2.05, 4.69) is 5.32 Å². The summed E-state index contributed by atoms with van der Waals surface area (Å²) in [5.41, 5.74) is 0.699. The van der Waals surface area contributed by atoms with E-state index in [1.54, 1.807) is 18.2 Å². The molecule has 84 valence electrons. The summed E-state index contributed by atoms with van der Waals surface area (Å²) in [5, 5.41) is 2.75. The van der Waals surface area contributed by atoms with E-state index < -0.39 is 12.5 Å². The van der Waals surface area contributed by atoms with Crippen molar-refractivity contribution in [3.05, 3.63) is 35.4 Å². The Balaban J connectivity index is 0.000000337. The Morgan fingerprint density at radius 2 is 1.87 bits per heavy atom. The number of benzene rings is 1. The second kappa shape index (κ2) is 5.19. The molecule has 1 aromatic rings. The van der Waals surface area contributed by atoms with Gasteiger partial charge < -0.3 is 10.1 Å². The van der Waals surface area contributed by atoms with Crippen LogP contribution in [-0.4, -0.2) is 20.7 Å². The SMILES string of the molecule is CNC.FC1(F)COCc2ccccc21. The van der Waals surface area contributed by atoms with Crippen LogP contribution in [0.4, 0.5) is 8.78 Å². The number of fused-ring (bicyclic) bond motifs is 1. The molecule has 4 heteroatoms. The Morgan fingerprint density at radius 1 is 1.27 bits per heavy atom. The minimum atomic E-state index is -2.81. The van der Waals surface area contributed by atoms with Gasteiger partial charge in [-0.2, -0.15) is 8.78 Å². The van der Waals surface area contributed by atoms with Gasteiger partial charge in [0.05, 0.1) is 6.61 Å². The molecule has 1 aliphatic rings. The van der Waals surface area contributed by atoms with Crippen molar-refractivity contribution < 1.29 is 13.5 Å². The molecule has 2 nitrogen and oxygen atoms in total. The fourth-order valence-corrected chi connectivity index (χ4v) is 1.37. The van der Waals surface area contributed by atoms with Crippen LogP contribution in [0, 0.1) is 0 Å². The molecule has 1 aliphatic heterocycles. The molecule has 0 saturated heterocycles. The maximum absolute atomic E-state index is 13.1. The van der Waals surface area contributed by atoms with Crippen molar-refractivity contribution in [3.8, 4) is 0 Å². The summed E-state index contributed by atoms with van der Waals surface area (Å²) < 4.78 is 30.9. The fourth-order valence-electron chi connectivity index (χ4n) is 1.37. The van der Waals surface area contributed by atoms with Gasteiger partial charge in [0.1, 0.15) is 6.61 Å². The second-order valence-electron chi connectivity index (χ2n) is 3.35. The molecule has 0 bridgehead atoms. The van der Waals surface area contributed by atoms with Gasteiger partial charge in [-0.1, -0.05) is 24.3 Å². The molecule has 0 fully saturated rings. The molecule has 0 aromatic heterocycles. The molecule has 1 heterocycles. The highest BCUT2D eigenvalue weighted by molar-refractivity contribution is 5.31. The number of hydrogen-bond acceptors (Lipinski definition) is 2. The topological polar surface area (TPSA) is 21.3 Å². The molecule has 0 aliphatic carbocycles. The number of ether oxygens (including phenoxy) is 1. The molecule has 0 atom stereocenters. The minimum Gasteiger partial charge on any atom is -0.370 e. The van der Waals surface area contributed by atoms with Crippen LogP contribution < -0.4 is 5.32 Å². The average molecular weight is 215 g/mol. The van der Waals surface area contributed by atoms with Crippen molar-refractivity contribution in [1.82, 2.24) is 5.32 Å². The predicted molar refractivity (Wildman–Crippen MR) is 55.0 cm³/mol. The van der Waals surface area contributed by atoms with E-state index in [9.17, 15) is 8.78 Å². The van der Waals surface area contributed by atoms with Crippen LogP contribution in [0.2, 0.25) is 0 Å². The summed E-state index contributed by atoms with van der Waals surface area (Å²) in [6.45, 7) is -0.199. The predicted octanol–water partition coefficient (Wildman–Crippen LogP) is 2.14. The molecule has 0 radical (unpaired) electrons. The highest BCUT2D eigenvalue weighted by Gasteiger charge is 2.36. The van der Waals surface area contributed by atoms with Crippen molar-refractivity contribution in [1.29, 1.82) is 0 Å². The highest BCUT2D eigenvalue weighted by Crippen LogP contribution is 2.34. The Morgan fingerprint density at radius 3 is 2.47 bits per heavy atom. The lowest BCUT2D eigenvalue weighted by Gasteiger charge is -2.24. The number of alkyl halides is 2. The van der Waals surface area contributed by atoms with Crippen molar-refractivity contribution in [2.45, 2.75) is 12.5 Å². The van der Waals surface area contributed by atoms with Crippen molar-refractivity contribution >= 4 is 0 Å². The standard InChI is InChI=1S/C9H8F2O.C2H7N/c10-9(11)6-12-5-7-3-1-2-4-8(7)9;1-3-2/h1-4H,5-6H2;3H,1-2H3. The summed E-state index contributed by atoms with van der Waals surface area (Å²) in [4.78, 5) is 0. The molecular weight excluding hydrogens is 200 g/mol. The van der Waals surface area contributed by atoms with Gasteiger partial charge in [0.25, 0.3) is 5.92 Å². The third-order valence-electron chi connectivity index (χ3n) is 1.95. The van der Waals surface area contributed by atoms with Crippen LogP contribution in [0.1, 0.15) is 11.1 Å². The van der Waals surface area contributed by atoms with Gasteiger partial charge in [0, 0.05) is 5.56 Å². The van der Waals surface area contributed by atoms with E-state index in [0.29, 0.717) is 12.2 Å². The third kappa shape index (κ3) is 2.97. The number of rotatable bonds is 0. The molecule has 0 saturated carbocycles. The number of halogens is 2. The summed E-state index contributed by atoms with van der Waals surface area (Å²) in [7, 11) is 3.75. The van der Waals surface area contributed by atoms with Gasteiger partial charge in [-0.15, -0.1) is 0 Å². The van der Waals surface area contributed by atoms with Crippen LogP contribution >= 0.6 is 0 Å². The molecule has 2 rings (SSSR count). The van der Waals surface area contributed by atoms with Gasteiger partial charge in [-0.3, -0.25) is 0 Å². The van der Waals surface area contributed by atoms with Gasteiger partial charge in [0.2, 0.25) is 0 Å². The minimum absolute atomic E-state index is 0.108. The zero-order valence-corrected chi connectivity index (χ0v) is 8.89. The van der Waals surface area contributed by atoms with Crippen LogP contribution in [0.25, 0.3) is 0 Å². The van der Waals surface area contributed by atoms with Gasteiger partial charge in [-0.25, -0.2) is 0 Å². The van der Waals surface area contributed by atoms with Gasteiger partial charge in [-0.05, 0) is 19.7 Å². The fraction of sp³-hybridized carbons (Fsp3) is 0.455. The lowest BCUT2D eigenvalue weighted by Crippen LogP contribution is -2.27. The molecule has 1 N–H and O–H groups in total. The first-order chi connectivity index (χ1) is 7.11. The van der Waals surface area contributed by atoms with E-state index in [4.69, 9.17) is 4.74 Å². The first-order valence-electron chi connectivity index (χ1n) is 4.74.